The van der Waals surface area contributed by atoms with E-state index in [2.05, 4.69) is 20.3 Å². The minimum Gasteiger partial charge on any atom is -0.388 e. The zero-order valence-electron chi connectivity index (χ0n) is 15.2. The standard InChI is InChI=1S/C19H26N4O2S/c1-20-15-10-11-22-19(12-15)17-13-16(26(24,25)21-2)8-9-18(17)23-14-6-4-3-5-7-14/h8-14,21,23H,3-7H2,1-2H3,(H,20,22). The Bertz CT molecular complexity index is 862. The first kappa shape index (κ1) is 18.7. The molecule has 0 aliphatic heterocycles. The number of hydrogen-bond acceptors (Lipinski definition) is 5. The van der Waals surface area contributed by atoms with Crippen molar-refractivity contribution in [2.75, 3.05) is 24.7 Å². The molecule has 0 spiro atoms. The molecule has 1 saturated carbocycles. The second-order valence-corrected chi connectivity index (χ2v) is 8.46. The van der Waals surface area contributed by atoms with Crippen molar-refractivity contribution in [1.29, 1.82) is 0 Å². The molecule has 2 aromatic rings. The maximum Gasteiger partial charge on any atom is 0.240 e. The molecular formula is C19H26N4O2S. The second kappa shape index (κ2) is 8.05. The van der Waals surface area contributed by atoms with Gasteiger partial charge in [-0.15, -0.1) is 0 Å². The van der Waals surface area contributed by atoms with Crippen LogP contribution >= 0.6 is 0 Å². The summed E-state index contributed by atoms with van der Waals surface area (Å²) in [5.74, 6) is 0. The lowest BCUT2D eigenvalue weighted by atomic mass is 9.95. The molecule has 7 heteroatoms. The van der Waals surface area contributed by atoms with E-state index < -0.39 is 10.0 Å². The molecule has 3 rings (SSSR count). The molecule has 3 N–H and O–H groups in total. The van der Waals surface area contributed by atoms with Crippen molar-refractivity contribution >= 4 is 21.4 Å². The van der Waals surface area contributed by atoms with Crippen LogP contribution in [0.15, 0.2) is 41.4 Å². The van der Waals surface area contributed by atoms with Crippen LogP contribution in [-0.2, 0) is 10.0 Å². The number of aromatic nitrogens is 1. The second-order valence-electron chi connectivity index (χ2n) is 6.57. The van der Waals surface area contributed by atoms with Gasteiger partial charge in [0.2, 0.25) is 10.0 Å². The topological polar surface area (TPSA) is 83.1 Å². The molecule has 0 saturated heterocycles. The first-order valence-electron chi connectivity index (χ1n) is 9.02. The summed E-state index contributed by atoms with van der Waals surface area (Å²) in [6.45, 7) is 0. The lowest BCUT2D eigenvalue weighted by Gasteiger charge is -2.25. The molecular weight excluding hydrogens is 348 g/mol. The lowest BCUT2D eigenvalue weighted by Crippen LogP contribution is -2.23. The molecule has 0 amide bonds. The van der Waals surface area contributed by atoms with Gasteiger partial charge < -0.3 is 10.6 Å². The van der Waals surface area contributed by atoms with Gasteiger partial charge in [-0.2, -0.15) is 0 Å². The Morgan fingerprint density at radius 2 is 1.81 bits per heavy atom. The highest BCUT2D eigenvalue weighted by molar-refractivity contribution is 7.89. The maximum atomic E-state index is 12.2. The predicted octanol–water partition coefficient (Wildman–Crippen LogP) is 3.44. The van der Waals surface area contributed by atoms with Gasteiger partial charge in [-0.3, -0.25) is 4.98 Å². The van der Waals surface area contributed by atoms with Gasteiger partial charge in [0.25, 0.3) is 0 Å². The average molecular weight is 375 g/mol. The zero-order valence-corrected chi connectivity index (χ0v) is 16.1. The zero-order chi connectivity index (χ0) is 18.6. The van der Waals surface area contributed by atoms with Gasteiger partial charge in [0.05, 0.1) is 10.6 Å². The Labute approximate surface area is 155 Å². The number of nitrogens with zero attached hydrogens (tertiary/aromatic N) is 1. The van der Waals surface area contributed by atoms with Crippen LogP contribution in [0, 0.1) is 0 Å². The number of benzene rings is 1. The third-order valence-electron chi connectivity index (χ3n) is 4.86. The highest BCUT2D eigenvalue weighted by Gasteiger charge is 2.19. The average Bonchev–Trinajstić information content (AvgIpc) is 2.69. The highest BCUT2D eigenvalue weighted by atomic mass is 32.2. The van der Waals surface area contributed by atoms with Crippen molar-refractivity contribution in [2.45, 2.75) is 43.0 Å². The molecule has 1 aromatic heterocycles. The molecule has 1 aliphatic carbocycles. The molecule has 1 heterocycles. The van der Waals surface area contributed by atoms with E-state index in [0.717, 1.165) is 35.5 Å². The molecule has 1 aromatic carbocycles. The fourth-order valence-corrected chi connectivity index (χ4v) is 4.10. The summed E-state index contributed by atoms with van der Waals surface area (Å²) in [5, 5.41) is 6.71. The molecule has 0 atom stereocenters. The minimum atomic E-state index is -3.52. The Kier molecular flexibility index (Phi) is 5.78. The van der Waals surface area contributed by atoms with Crippen molar-refractivity contribution in [3.63, 3.8) is 0 Å². The van der Waals surface area contributed by atoms with Gasteiger partial charge in [-0.1, -0.05) is 19.3 Å². The Hall–Kier alpha value is -2.12. The van der Waals surface area contributed by atoms with E-state index >= 15 is 0 Å². The van der Waals surface area contributed by atoms with Crippen LogP contribution in [0.5, 0.6) is 0 Å². The van der Waals surface area contributed by atoms with Gasteiger partial charge in [0.1, 0.15) is 0 Å². The number of nitrogens with one attached hydrogen (secondary N) is 3. The molecule has 0 bridgehead atoms. The smallest absolute Gasteiger partial charge is 0.240 e. The summed E-state index contributed by atoms with van der Waals surface area (Å²) >= 11 is 0. The third kappa shape index (κ3) is 4.16. The molecule has 1 aliphatic rings. The third-order valence-corrected chi connectivity index (χ3v) is 6.27. The van der Waals surface area contributed by atoms with Crippen molar-refractivity contribution < 1.29 is 8.42 Å². The normalized spacial score (nSPS) is 15.6. The Balaban J connectivity index is 2.04. The van der Waals surface area contributed by atoms with E-state index in [9.17, 15) is 8.42 Å². The van der Waals surface area contributed by atoms with E-state index in [0.29, 0.717) is 6.04 Å². The molecule has 140 valence electrons. The molecule has 0 radical (unpaired) electrons. The summed E-state index contributed by atoms with van der Waals surface area (Å²) in [7, 11) is -0.246. The summed E-state index contributed by atoms with van der Waals surface area (Å²) < 4.78 is 26.9. The SMILES string of the molecule is CNc1ccnc(-c2cc(S(=O)(=O)NC)ccc2NC2CCCCC2)c1. The minimum absolute atomic E-state index is 0.237. The fourth-order valence-electron chi connectivity index (χ4n) is 3.35. The predicted molar refractivity (Wildman–Crippen MR) is 106 cm³/mol. The van der Waals surface area contributed by atoms with Crippen LogP contribution < -0.4 is 15.4 Å². The van der Waals surface area contributed by atoms with Gasteiger partial charge in [0.15, 0.2) is 0 Å². The van der Waals surface area contributed by atoms with Crippen molar-refractivity contribution in [3.05, 3.63) is 36.5 Å². The quantitative estimate of drug-likeness (QED) is 0.721. The van der Waals surface area contributed by atoms with Crippen LogP contribution in [0.4, 0.5) is 11.4 Å². The van der Waals surface area contributed by atoms with Crippen LogP contribution in [0.25, 0.3) is 11.3 Å². The van der Waals surface area contributed by atoms with E-state index in [4.69, 9.17) is 0 Å². The largest absolute Gasteiger partial charge is 0.388 e. The van der Waals surface area contributed by atoms with E-state index in [-0.39, 0.29) is 4.90 Å². The molecule has 6 nitrogen and oxygen atoms in total. The van der Waals surface area contributed by atoms with Crippen LogP contribution in [0.1, 0.15) is 32.1 Å². The summed E-state index contributed by atoms with van der Waals surface area (Å²) in [5.41, 5.74) is 3.39. The molecule has 0 unspecified atom stereocenters. The van der Waals surface area contributed by atoms with Crippen molar-refractivity contribution in [3.8, 4) is 11.3 Å². The highest BCUT2D eigenvalue weighted by Crippen LogP contribution is 2.32. The van der Waals surface area contributed by atoms with Crippen molar-refractivity contribution in [2.24, 2.45) is 0 Å². The van der Waals surface area contributed by atoms with E-state index in [1.54, 1.807) is 18.3 Å². The van der Waals surface area contributed by atoms with Crippen molar-refractivity contribution in [1.82, 2.24) is 9.71 Å². The van der Waals surface area contributed by atoms with Crippen LogP contribution in [0.3, 0.4) is 0 Å². The van der Waals surface area contributed by atoms with Gasteiger partial charge >= 0.3 is 0 Å². The number of pyridine rings is 1. The fraction of sp³-hybridized carbons (Fsp3) is 0.421. The lowest BCUT2D eigenvalue weighted by molar-refractivity contribution is 0.463. The van der Waals surface area contributed by atoms with Gasteiger partial charge in [0, 0.05) is 36.2 Å². The summed E-state index contributed by atoms with van der Waals surface area (Å²) in [6.07, 6.45) is 7.75. The Morgan fingerprint density at radius 1 is 1.04 bits per heavy atom. The summed E-state index contributed by atoms with van der Waals surface area (Å²) in [6, 6.07) is 9.41. The summed E-state index contributed by atoms with van der Waals surface area (Å²) in [4.78, 5) is 4.70. The maximum absolute atomic E-state index is 12.2. The van der Waals surface area contributed by atoms with Gasteiger partial charge in [-0.05, 0) is 50.2 Å². The Morgan fingerprint density at radius 3 is 2.50 bits per heavy atom. The number of anilines is 2. The number of hydrogen-bond donors (Lipinski definition) is 3. The molecule has 1 fully saturated rings. The first-order chi connectivity index (χ1) is 12.5. The molecule has 26 heavy (non-hydrogen) atoms. The van der Waals surface area contributed by atoms with Crippen LogP contribution in [-0.4, -0.2) is 33.5 Å². The number of rotatable bonds is 6. The first-order valence-corrected chi connectivity index (χ1v) is 10.5. The monoisotopic (exact) mass is 374 g/mol. The van der Waals surface area contributed by atoms with Gasteiger partial charge in [-0.25, -0.2) is 13.1 Å². The number of sulfonamides is 1. The van der Waals surface area contributed by atoms with Crippen LogP contribution in [0.2, 0.25) is 0 Å². The van der Waals surface area contributed by atoms with E-state index in [1.807, 2.05) is 25.2 Å². The van der Waals surface area contributed by atoms with E-state index in [1.165, 1.54) is 26.3 Å².